The highest BCUT2D eigenvalue weighted by atomic mass is 32.2. The molecule has 1 aromatic rings. The molecule has 162 valence electrons. The molecule has 1 saturated heterocycles. The second-order valence-corrected chi connectivity index (χ2v) is 8.49. The van der Waals surface area contributed by atoms with Gasteiger partial charge >= 0.3 is 11.9 Å². The van der Waals surface area contributed by atoms with Crippen LogP contribution in [0.15, 0.2) is 17.0 Å². The molecule has 0 atom stereocenters. The summed E-state index contributed by atoms with van der Waals surface area (Å²) in [7, 11) is 1.64. The van der Waals surface area contributed by atoms with E-state index in [4.69, 9.17) is 21.7 Å². The topological polar surface area (TPSA) is 93.1 Å². The number of carbonyl (C=O) groups excluding carboxylic acids is 3. The number of benzene rings is 1. The van der Waals surface area contributed by atoms with Crippen LogP contribution in [-0.4, -0.2) is 52.4 Å². The maximum absolute atomic E-state index is 12.3. The summed E-state index contributed by atoms with van der Waals surface area (Å²) < 4.78 is 10.4. The number of carbonyl (C=O) groups is 3. The molecule has 0 aliphatic carbocycles. The molecule has 0 aromatic heterocycles. The minimum Gasteiger partial charge on any atom is -0.507 e. The fourth-order valence-electron chi connectivity index (χ4n) is 2.91. The molecule has 0 spiro atoms. The van der Waals surface area contributed by atoms with Crippen molar-refractivity contribution < 1.29 is 29.0 Å². The number of rotatable bonds is 9. The molecule has 0 radical (unpaired) electrons. The molecule has 7 nitrogen and oxygen atoms in total. The summed E-state index contributed by atoms with van der Waals surface area (Å²) in [4.78, 5) is 36.1. The van der Waals surface area contributed by atoms with E-state index in [9.17, 15) is 19.5 Å². The maximum atomic E-state index is 12.3. The van der Waals surface area contributed by atoms with Crippen molar-refractivity contribution in [1.82, 2.24) is 4.90 Å². The molecule has 2 rings (SSSR count). The number of esters is 2. The van der Waals surface area contributed by atoms with E-state index in [1.54, 1.807) is 13.1 Å². The van der Waals surface area contributed by atoms with Crippen molar-refractivity contribution in [3.63, 3.8) is 0 Å². The number of amides is 1. The van der Waals surface area contributed by atoms with Gasteiger partial charge in [0.15, 0.2) is 0 Å². The van der Waals surface area contributed by atoms with Gasteiger partial charge in [-0.15, -0.1) is 0 Å². The van der Waals surface area contributed by atoms with Crippen LogP contribution in [0.4, 0.5) is 0 Å². The molecule has 0 saturated carbocycles. The third kappa shape index (κ3) is 6.84. The van der Waals surface area contributed by atoms with E-state index >= 15 is 0 Å². The predicted octanol–water partition coefficient (Wildman–Crippen LogP) is 3.21. The summed E-state index contributed by atoms with van der Waals surface area (Å²) in [5.74, 6) is -0.687. The first-order valence-corrected chi connectivity index (χ1v) is 10.7. The fourth-order valence-corrected chi connectivity index (χ4v) is 4.08. The second-order valence-electron chi connectivity index (χ2n) is 6.82. The zero-order valence-corrected chi connectivity index (χ0v) is 18.9. The molecule has 1 aliphatic heterocycles. The van der Waals surface area contributed by atoms with E-state index < -0.39 is 0 Å². The number of hydrogen-bond acceptors (Lipinski definition) is 8. The van der Waals surface area contributed by atoms with Crippen molar-refractivity contribution >= 4 is 52.2 Å². The SMILES string of the molecule is CC(=O)OCCCc1cc(/C=C2\SC(=S)N(C)C2=O)cc(CCCOC(C)=O)c1O. The van der Waals surface area contributed by atoms with Gasteiger partial charge in [0.05, 0.1) is 18.1 Å². The first kappa shape index (κ1) is 23.9. The molecule has 1 N–H and O–H groups in total. The van der Waals surface area contributed by atoms with Crippen molar-refractivity contribution in [3.05, 3.63) is 33.7 Å². The first-order chi connectivity index (χ1) is 14.2. The van der Waals surface area contributed by atoms with Crippen molar-refractivity contribution in [3.8, 4) is 5.75 Å². The van der Waals surface area contributed by atoms with Crippen LogP contribution in [0.25, 0.3) is 6.08 Å². The van der Waals surface area contributed by atoms with Crippen LogP contribution in [0.1, 0.15) is 43.4 Å². The van der Waals surface area contributed by atoms with Gasteiger partial charge in [0.25, 0.3) is 5.91 Å². The number of phenolic OH excluding ortho intramolecular Hbond substituents is 1. The van der Waals surface area contributed by atoms with E-state index in [2.05, 4.69) is 0 Å². The van der Waals surface area contributed by atoms with Crippen LogP contribution in [-0.2, 0) is 36.7 Å². The third-order valence-electron chi connectivity index (χ3n) is 4.37. The lowest BCUT2D eigenvalue weighted by Crippen LogP contribution is -2.22. The Balaban J connectivity index is 2.24. The van der Waals surface area contributed by atoms with E-state index in [0.29, 0.717) is 46.0 Å². The normalized spacial score (nSPS) is 15.0. The molecule has 1 aliphatic rings. The Kier molecular flexibility index (Phi) is 8.86. The highest BCUT2D eigenvalue weighted by Gasteiger charge is 2.28. The second kappa shape index (κ2) is 11.1. The molecule has 9 heteroatoms. The smallest absolute Gasteiger partial charge is 0.302 e. The van der Waals surface area contributed by atoms with Gasteiger partial charge in [-0.3, -0.25) is 19.3 Å². The Hall–Kier alpha value is -2.39. The number of ether oxygens (including phenoxy) is 2. The van der Waals surface area contributed by atoms with Crippen molar-refractivity contribution in [1.29, 1.82) is 0 Å². The molecule has 1 aromatic carbocycles. The zero-order chi connectivity index (χ0) is 22.3. The number of thiocarbonyl (C=S) groups is 1. The van der Waals surface area contributed by atoms with Crippen LogP contribution in [0.3, 0.4) is 0 Å². The van der Waals surface area contributed by atoms with Crippen LogP contribution >= 0.6 is 24.0 Å². The summed E-state index contributed by atoms with van der Waals surface area (Å²) >= 11 is 6.41. The first-order valence-electron chi connectivity index (χ1n) is 9.52. The largest absolute Gasteiger partial charge is 0.507 e. The van der Waals surface area contributed by atoms with Crippen molar-refractivity contribution in [2.24, 2.45) is 0 Å². The number of hydrogen-bond donors (Lipinski definition) is 1. The van der Waals surface area contributed by atoms with Gasteiger partial charge < -0.3 is 14.6 Å². The Labute approximate surface area is 185 Å². The standard InChI is InChI=1S/C21H25NO6S2/c1-13(23)27-8-4-6-16-10-15(12-18-20(26)22(3)21(29)30-18)11-17(19(16)25)7-5-9-28-14(2)24/h10-12,25H,4-9H2,1-3H3/b18-12-. The molecular weight excluding hydrogens is 426 g/mol. The van der Waals surface area contributed by atoms with Crippen LogP contribution < -0.4 is 0 Å². The third-order valence-corrected chi connectivity index (χ3v) is 5.85. The quantitative estimate of drug-likeness (QED) is 0.265. The van der Waals surface area contributed by atoms with E-state index in [1.807, 2.05) is 12.1 Å². The van der Waals surface area contributed by atoms with Crippen LogP contribution in [0.2, 0.25) is 0 Å². The van der Waals surface area contributed by atoms with Gasteiger partial charge in [0, 0.05) is 20.9 Å². The summed E-state index contributed by atoms with van der Waals surface area (Å²) in [5, 5.41) is 10.7. The number of nitrogens with zero attached hydrogens (tertiary/aromatic N) is 1. The lowest BCUT2D eigenvalue weighted by atomic mass is 9.97. The Morgan fingerprint density at radius 2 is 1.60 bits per heavy atom. The lowest BCUT2D eigenvalue weighted by molar-refractivity contribution is -0.142. The minimum absolute atomic E-state index is 0.161. The molecule has 1 amide bonds. The number of aromatic hydroxyl groups is 1. The molecule has 1 heterocycles. The molecule has 30 heavy (non-hydrogen) atoms. The van der Waals surface area contributed by atoms with Crippen molar-refractivity contribution in [2.45, 2.75) is 39.5 Å². The molecular formula is C21H25NO6S2. The lowest BCUT2D eigenvalue weighted by Gasteiger charge is -2.13. The molecule has 1 fully saturated rings. The highest BCUT2D eigenvalue weighted by molar-refractivity contribution is 8.26. The van der Waals surface area contributed by atoms with Gasteiger partial charge in [-0.05, 0) is 60.6 Å². The van der Waals surface area contributed by atoms with E-state index in [0.717, 1.165) is 5.56 Å². The average Bonchev–Trinajstić information content (AvgIpc) is 2.91. The van der Waals surface area contributed by atoms with Gasteiger partial charge in [0.1, 0.15) is 10.1 Å². The summed E-state index contributed by atoms with van der Waals surface area (Å²) in [6.45, 7) is 3.22. The summed E-state index contributed by atoms with van der Waals surface area (Å²) in [5.41, 5.74) is 2.17. The Morgan fingerprint density at radius 3 is 2.00 bits per heavy atom. The number of phenols is 1. The van der Waals surface area contributed by atoms with Crippen molar-refractivity contribution in [2.75, 3.05) is 20.3 Å². The number of aryl methyl sites for hydroxylation is 2. The Bertz CT molecular complexity index is 837. The van der Waals surface area contributed by atoms with Gasteiger partial charge in [-0.1, -0.05) is 24.0 Å². The average molecular weight is 452 g/mol. The Morgan fingerprint density at radius 1 is 1.10 bits per heavy atom. The van der Waals surface area contributed by atoms with E-state index in [-0.39, 0.29) is 36.8 Å². The number of thioether (sulfide) groups is 1. The molecule has 0 unspecified atom stereocenters. The van der Waals surface area contributed by atoms with Gasteiger partial charge in [-0.25, -0.2) is 0 Å². The van der Waals surface area contributed by atoms with Crippen LogP contribution in [0.5, 0.6) is 5.75 Å². The molecule has 0 bridgehead atoms. The number of likely N-dealkylation sites (N-methyl/N-ethyl adjacent to an activating group) is 1. The van der Waals surface area contributed by atoms with Gasteiger partial charge in [-0.2, -0.15) is 0 Å². The fraction of sp³-hybridized carbons (Fsp3) is 0.429. The summed E-state index contributed by atoms with van der Waals surface area (Å²) in [6.07, 6.45) is 3.88. The van der Waals surface area contributed by atoms with Crippen LogP contribution in [0, 0.1) is 0 Å². The van der Waals surface area contributed by atoms with Gasteiger partial charge in [0.2, 0.25) is 0 Å². The highest BCUT2D eigenvalue weighted by Crippen LogP contribution is 2.33. The monoisotopic (exact) mass is 451 g/mol. The predicted molar refractivity (Wildman–Crippen MR) is 119 cm³/mol. The maximum Gasteiger partial charge on any atom is 0.302 e. The van der Waals surface area contributed by atoms with E-state index in [1.165, 1.54) is 30.5 Å². The minimum atomic E-state index is -0.347. The summed E-state index contributed by atoms with van der Waals surface area (Å²) in [6, 6.07) is 3.64. The zero-order valence-electron chi connectivity index (χ0n) is 17.2.